The number of aliphatic hydroxyl groups excluding tert-OH is 1. The molecule has 0 aliphatic rings. The molecule has 0 spiro atoms. The summed E-state index contributed by atoms with van der Waals surface area (Å²) in [7, 11) is 0. The number of nitrogens with two attached hydrogens (primary N) is 1. The predicted octanol–water partition coefficient (Wildman–Crippen LogP) is 0.441. The minimum atomic E-state index is -0.527. The highest BCUT2D eigenvalue weighted by atomic mass is 32.1. The summed E-state index contributed by atoms with van der Waals surface area (Å²) in [6, 6.07) is 1.61. The number of hydrogen-bond acceptors (Lipinski definition) is 4. The number of nitrogen functional groups attached to an aromatic ring is 1. The largest absolute Gasteiger partial charge is 0.398 e. The molecule has 1 heterocycles. The van der Waals surface area contributed by atoms with Crippen LogP contribution in [0.5, 0.6) is 0 Å². The smallest absolute Gasteiger partial charge is 0.261 e. The Labute approximate surface area is 80.4 Å². The summed E-state index contributed by atoms with van der Waals surface area (Å²) in [5.74, 6) is -0.192. The van der Waals surface area contributed by atoms with Crippen molar-refractivity contribution in [3.05, 3.63) is 16.3 Å². The maximum Gasteiger partial charge on any atom is 0.261 e. The van der Waals surface area contributed by atoms with E-state index in [2.05, 4.69) is 5.32 Å². The monoisotopic (exact) mass is 200 g/mol. The van der Waals surface area contributed by atoms with Gasteiger partial charge in [0.1, 0.15) is 0 Å². The number of carbonyl (C=O) groups is 1. The molecule has 1 aromatic heterocycles. The van der Waals surface area contributed by atoms with Crippen LogP contribution in [0.25, 0.3) is 0 Å². The van der Waals surface area contributed by atoms with Crippen LogP contribution >= 0.6 is 11.3 Å². The molecule has 0 aliphatic carbocycles. The fraction of sp³-hybridized carbons (Fsp3) is 0.375. The summed E-state index contributed by atoms with van der Waals surface area (Å²) < 4.78 is 0. The van der Waals surface area contributed by atoms with Crippen molar-refractivity contribution < 1.29 is 9.90 Å². The Morgan fingerprint density at radius 1 is 1.85 bits per heavy atom. The van der Waals surface area contributed by atoms with Gasteiger partial charge in [0.25, 0.3) is 5.91 Å². The molecule has 13 heavy (non-hydrogen) atoms. The molecule has 0 saturated carbocycles. The third kappa shape index (κ3) is 3.04. The topological polar surface area (TPSA) is 75.3 Å². The lowest BCUT2D eigenvalue weighted by atomic mass is 10.3. The van der Waals surface area contributed by atoms with Crippen molar-refractivity contribution in [1.82, 2.24) is 5.32 Å². The van der Waals surface area contributed by atoms with Crippen LogP contribution in [0.15, 0.2) is 11.4 Å². The average molecular weight is 200 g/mol. The highest BCUT2D eigenvalue weighted by molar-refractivity contribution is 7.12. The Balaban J connectivity index is 2.49. The van der Waals surface area contributed by atoms with Crippen molar-refractivity contribution in [2.45, 2.75) is 13.0 Å². The Morgan fingerprint density at radius 2 is 2.54 bits per heavy atom. The van der Waals surface area contributed by atoms with Crippen LogP contribution in [0.4, 0.5) is 5.69 Å². The summed E-state index contributed by atoms with van der Waals surface area (Å²) in [5.41, 5.74) is 6.04. The highest BCUT2D eigenvalue weighted by Crippen LogP contribution is 2.15. The lowest BCUT2D eigenvalue weighted by Gasteiger charge is -2.04. The quantitative estimate of drug-likeness (QED) is 0.662. The number of nitrogens with one attached hydrogen (secondary N) is 1. The van der Waals surface area contributed by atoms with E-state index in [0.29, 0.717) is 10.6 Å². The van der Waals surface area contributed by atoms with Gasteiger partial charge in [0.15, 0.2) is 0 Å². The van der Waals surface area contributed by atoms with Crippen LogP contribution in [0.2, 0.25) is 0 Å². The summed E-state index contributed by atoms with van der Waals surface area (Å²) in [6.07, 6.45) is -0.527. The van der Waals surface area contributed by atoms with E-state index in [1.165, 1.54) is 11.3 Å². The van der Waals surface area contributed by atoms with Gasteiger partial charge in [0, 0.05) is 17.6 Å². The van der Waals surface area contributed by atoms with Crippen molar-refractivity contribution in [2.75, 3.05) is 12.3 Å². The van der Waals surface area contributed by atoms with Crippen LogP contribution in [-0.2, 0) is 0 Å². The van der Waals surface area contributed by atoms with Gasteiger partial charge in [0.2, 0.25) is 0 Å². The van der Waals surface area contributed by atoms with E-state index in [-0.39, 0.29) is 12.5 Å². The zero-order valence-corrected chi connectivity index (χ0v) is 8.10. The van der Waals surface area contributed by atoms with E-state index in [1.807, 2.05) is 0 Å². The second kappa shape index (κ2) is 4.25. The third-order valence-electron chi connectivity index (χ3n) is 1.40. The molecule has 0 aliphatic heterocycles. The van der Waals surface area contributed by atoms with Gasteiger partial charge in [-0.3, -0.25) is 4.79 Å². The van der Waals surface area contributed by atoms with E-state index < -0.39 is 6.10 Å². The molecule has 72 valence electrons. The average Bonchev–Trinajstić information content (AvgIpc) is 2.47. The molecule has 1 aromatic rings. The summed E-state index contributed by atoms with van der Waals surface area (Å²) in [5, 5.41) is 13.2. The summed E-state index contributed by atoms with van der Waals surface area (Å²) in [4.78, 5) is 11.9. The molecule has 1 atom stereocenters. The Kier molecular flexibility index (Phi) is 3.27. The molecule has 0 unspecified atom stereocenters. The Bertz CT molecular complexity index is 296. The molecule has 1 amide bonds. The number of amides is 1. The van der Waals surface area contributed by atoms with Gasteiger partial charge >= 0.3 is 0 Å². The SMILES string of the molecule is C[C@@H](O)CNC(=O)c1cc(N)cs1. The molecule has 0 fully saturated rings. The number of hydrogen-bond donors (Lipinski definition) is 3. The number of rotatable bonds is 3. The maximum atomic E-state index is 11.3. The predicted molar refractivity (Wildman–Crippen MR) is 52.7 cm³/mol. The first-order chi connectivity index (χ1) is 6.09. The van der Waals surface area contributed by atoms with Crippen molar-refractivity contribution in [1.29, 1.82) is 0 Å². The molecule has 0 aromatic carbocycles. The molecule has 1 rings (SSSR count). The number of carbonyl (C=O) groups excluding carboxylic acids is 1. The van der Waals surface area contributed by atoms with E-state index in [1.54, 1.807) is 18.4 Å². The first-order valence-electron chi connectivity index (χ1n) is 3.90. The maximum absolute atomic E-state index is 11.3. The van der Waals surface area contributed by atoms with E-state index in [0.717, 1.165) is 0 Å². The second-order valence-electron chi connectivity index (χ2n) is 2.80. The van der Waals surface area contributed by atoms with Crippen LogP contribution in [0.3, 0.4) is 0 Å². The molecule has 5 heteroatoms. The summed E-state index contributed by atoms with van der Waals surface area (Å²) >= 11 is 1.29. The fourth-order valence-electron chi connectivity index (χ4n) is 0.798. The Hall–Kier alpha value is -1.07. The van der Waals surface area contributed by atoms with Crippen molar-refractivity contribution in [3.8, 4) is 0 Å². The second-order valence-corrected chi connectivity index (χ2v) is 3.71. The van der Waals surface area contributed by atoms with Crippen molar-refractivity contribution in [3.63, 3.8) is 0 Å². The van der Waals surface area contributed by atoms with Gasteiger partial charge in [-0.2, -0.15) is 0 Å². The Morgan fingerprint density at radius 3 is 3.00 bits per heavy atom. The lowest BCUT2D eigenvalue weighted by Crippen LogP contribution is -2.29. The van der Waals surface area contributed by atoms with E-state index in [9.17, 15) is 4.79 Å². The van der Waals surface area contributed by atoms with Gasteiger partial charge in [-0.05, 0) is 13.0 Å². The molecular weight excluding hydrogens is 188 g/mol. The number of thiophene rings is 1. The van der Waals surface area contributed by atoms with Crippen LogP contribution in [0, 0.1) is 0 Å². The normalized spacial score (nSPS) is 12.5. The van der Waals surface area contributed by atoms with Gasteiger partial charge in [0.05, 0.1) is 11.0 Å². The zero-order valence-electron chi connectivity index (χ0n) is 7.28. The van der Waals surface area contributed by atoms with E-state index in [4.69, 9.17) is 10.8 Å². The molecule has 0 bridgehead atoms. The molecule has 4 N–H and O–H groups in total. The zero-order chi connectivity index (χ0) is 9.84. The van der Waals surface area contributed by atoms with Crippen molar-refractivity contribution in [2.24, 2.45) is 0 Å². The molecule has 0 radical (unpaired) electrons. The molecule has 4 nitrogen and oxygen atoms in total. The van der Waals surface area contributed by atoms with Crippen LogP contribution in [-0.4, -0.2) is 23.7 Å². The first kappa shape index (κ1) is 10.0. The number of aliphatic hydroxyl groups is 1. The van der Waals surface area contributed by atoms with Gasteiger partial charge in [-0.15, -0.1) is 11.3 Å². The first-order valence-corrected chi connectivity index (χ1v) is 4.78. The van der Waals surface area contributed by atoms with Gasteiger partial charge in [-0.25, -0.2) is 0 Å². The summed E-state index contributed by atoms with van der Waals surface area (Å²) in [6.45, 7) is 1.87. The molecule has 0 saturated heterocycles. The van der Waals surface area contributed by atoms with Crippen LogP contribution in [0.1, 0.15) is 16.6 Å². The lowest BCUT2D eigenvalue weighted by molar-refractivity contribution is 0.0928. The van der Waals surface area contributed by atoms with Gasteiger partial charge in [-0.1, -0.05) is 0 Å². The minimum absolute atomic E-state index is 0.192. The van der Waals surface area contributed by atoms with Crippen molar-refractivity contribution >= 4 is 22.9 Å². The fourth-order valence-corrected chi connectivity index (χ4v) is 1.51. The molecular formula is C8H12N2O2S. The van der Waals surface area contributed by atoms with E-state index >= 15 is 0 Å². The standard InChI is InChI=1S/C8H12N2O2S/c1-5(11)3-10-8(12)7-2-6(9)4-13-7/h2,4-5,11H,3,9H2,1H3,(H,10,12)/t5-/m1/s1. The van der Waals surface area contributed by atoms with Crippen LogP contribution < -0.4 is 11.1 Å². The highest BCUT2D eigenvalue weighted by Gasteiger charge is 2.07. The van der Waals surface area contributed by atoms with Gasteiger partial charge < -0.3 is 16.2 Å². The third-order valence-corrected chi connectivity index (χ3v) is 2.35. The number of anilines is 1. The minimum Gasteiger partial charge on any atom is -0.398 e.